The third-order valence-corrected chi connectivity index (χ3v) is 6.54. The molecule has 178 valence electrons. The molecule has 0 atom stereocenters. The van der Waals surface area contributed by atoms with Crippen LogP contribution in [0.4, 0.5) is 4.39 Å². The van der Waals surface area contributed by atoms with Gasteiger partial charge in [0, 0.05) is 18.7 Å². The van der Waals surface area contributed by atoms with Gasteiger partial charge in [-0.05, 0) is 54.4 Å². The Morgan fingerprint density at radius 3 is 2.80 bits per heavy atom. The molecule has 5 rings (SSSR count). The second kappa shape index (κ2) is 10.2. The van der Waals surface area contributed by atoms with Crippen molar-refractivity contribution in [3.8, 4) is 17.2 Å². The molecule has 1 aliphatic heterocycles. The molecule has 1 aliphatic rings. The molecular formula is C26H22FN3O4S. The van der Waals surface area contributed by atoms with Crippen molar-refractivity contribution in [2.24, 2.45) is 0 Å². The number of carbonyl (C=O) groups is 1. The number of para-hydroxylation sites is 1. The summed E-state index contributed by atoms with van der Waals surface area (Å²) in [6, 6.07) is 18.5. The third-order valence-electron chi connectivity index (χ3n) is 5.52. The van der Waals surface area contributed by atoms with E-state index in [2.05, 4.69) is 10.3 Å². The van der Waals surface area contributed by atoms with E-state index >= 15 is 0 Å². The first-order valence-corrected chi connectivity index (χ1v) is 12.1. The average Bonchev–Trinajstić information content (AvgIpc) is 3.33. The van der Waals surface area contributed by atoms with Crippen molar-refractivity contribution in [3.05, 3.63) is 88.5 Å². The van der Waals surface area contributed by atoms with Crippen LogP contribution in [0.5, 0.6) is 11.5 Å². The van der Waals surface area contributed by atoms with Gasteiger partial charge in [0.25, 0.3) is 5.56 Å². The molecule has 1 amide bonds. The molecule has 35 heavy (non-hydrogen) atoms. The number of nitrogens with one attached hydrogen (secondary N) is 1. The summed E-state index contributed by atoms with van der Waals surface area (Å²) in [4.78, 5) is 30.2. The van der Waals surface area contributed by atoms with Gasteiger partial charge in [-0.15, -0.1) is 0 Å². The van der Waals surface area contributed by atoms with Crippen molar-refractivity contribution in [2.45, 2.75) is 24.5 Å². The number of benzene rings is 3. The fourth-order valence-corrected chi connectivity index (χ4v) is 4.74. The van der Waals surface area contributed by atoms with Crippen LogP contribution < -0.4 is 20.3 Å². The standard InChI is InChI=1S/C26H22FN3O4S/c27-18-5-3-6-19(14-18)30-25(32)20-7-1-2-8-21(20)29-26(30)35-12-4-9-24(31)28-15-17-10-11-22-23(13-17)34-16-33-22/h1-3,5-8,10-11,13-14H,4,9,12,15-16H2,(H,28,31). The number of halogens is 1. The maximum atomic E-state index is 13.9. The van der Waals surface area contributed by atoms with E-state index in [0.29, 0.717) is 58.4 Å². The van der Waals surface area contributed by atoms with Gasteiger partial charge < -0.3 is 14.8 Å². The Hall–Kier alpha value is -3.85. The fourth-order valence-electron chi connectivity index (χ4n) is 3.79. The first kappa shape index (κ1) is 22.9. The summed E-state index contributed by atoms with van der Waals surface area (Å²) in [6.07, 6.45) is 0.915. The van der Waals surface area contributed by atoms with E-state index in [1.54, 1.807) is 30.3 Å². The molecule has 3 aromatic carbocycles. The fraction of sp³-hybridized carbons (Fsp3) is 0.192. The summed E-state index contributed by atoms with van der Waals surface area (Å²) >= 11 is 1.37. The molecule has 4 aromatic rings. The summed E-state index contributed by atoms with van der Waals surface area (Å²) in [6.45, 7) is 0.607. The highest BCUT2D eigenvalue weighted by molar-refractivity contribution is 7.99. The van der Waals surface area contributed by atoms with Gasteiger partial charge >= 0.3 is 0 Å². The van der Waals surface area contributed by atoms with Gasteiger partial charge in [-0.1, -0.05) is 36.0 Å². The number of rotatable bonds is 8. The maximum Gasteiger partial charge on any atom is 0.266 e. The van der Waals surface area contributed by atoms with Crippen LogP contribution in [0.2, 0.25) is 0 Å². The predicted molar refractivity (Wildman–Crippen MR) is 132 cm³/mol. The van der Waals surface area contributed by atoms with E-state index in [1.165, 1.54) is 28.5 Å². The molecule has 9 heteroatoms. The Balaban J connectivity index is 1.23. The van der Waals surface area contributed by atoms with Crippen LogP contribution in [-0.4, -0.2) is 28.0 Å². The Morgan fingerprint density at radius 2 is 1.91 bits per heavy atom. The first-order chi connectivity index (χ1) is 17.1. The Kier molecular flexibility index (Phi) is 6.67. The van der Waals surface area contributed by atoms with Crippen molar-refractivity contribution in [3.63, 3.8) is 0 Å². The number of amides is 1. The first-order valence-electron chi connectivity index (χ1n) is 11.1. The molecule has 0 bridgehead atoms. The summed E-state index contributed by atoms with van der Waals surface area (Å²) in [5, 5.41) is 3.83. The molecule has 0 saturated heterocycles. The van der Waals surface area contributed by atoms with Gasteiger partial charge in [0.05, 0.1) is 16.6 Å². The summed E-state index contributed by atoms with van der Waals surface area (Å²) in [7, 11) is 0. The Morgan fingerprint density at radius 1 is 1.06 bits per heavy atom. The monoisotopic (exact) mass is 491 g/mol. The lowest BCUT2D eigenvalue weighted by Gasteiger charge is -2.13. The van der Waals surface area contributed by atoms with Crippen molar-refractivity contribution in [1.82, 2.24) is 14.9 Å². The molecule has 7 nitrogen and oxygen atoms in total. The van der Waals surface area contributed by atoms with E-state index in [0.717, 1.165) is 5.56 Å². The molecule has 0 radical (unpaired) electrons. The zero-order valence-corrected chi connectivity index (χ0v) is 19.5. The van der Waals surface area contributed by atoms with Crippen molar-refractivity contribution >= 4 is 28.6 Å². The SMILES string of the molecule is O=C(CCCSc1nc2ccccc2c(=O)n1-c1cccc(F)c1)NCc1ccc2c(c1)OCO2. The zero-order chi connectivity index (χ0) is 24.2. The van der Waals surface area contributed by atoms with Gasteiger partial charge in [-0.2, -0.15) is 0 Å². The number of hydrogen-bond donors (Lipinski definition) is 1. The minimum absolute atomic E-state index is 0.0720. The second-order valence-corrected chi connectivity index (χ2v) is 9.01. The highest BCUT2D eigenvalue weighted by Gasteiger charge is 2.15. The molecular weight excluding hydrogens is 469 g/mol. The van der Waals surface area contributed by atoms with Crippen LogP contribution >= 0.6 is 11.8 Å². The lowest BCUT2D eigenvalue weighted by Crippen LogP contribution is -2.23. The van der Waals surface area contributed by atoms with Crippen LogP contribution in [0.25, 0.3) is 16.6 Å². The quantitative estimate of drug-likeness (QED) is 0.223. The molecule has 1 aromatic heterocycles. The third kappa shape index (κ3) is 5.14. The number of aromatic nitrogens is 2. The van der Waals surface area contributed by atoms with Crippen LogP contribution in [-0.2, 0) is 11.3 Å². The topological polar surface area (TPSA) is 82.5 Å². The van der Waals surface area contributed by atoms with E-state index in [1.807, 2.05) is 24.3 Å². The van der Waals surface area contributed by atoms with E-state index in [-0.39, 0.29) is 18.3 Å². The lowest BCUT2D eigenvalue weighted by molar-refractivity contribution is -0.121. The average molecular weight is 492 g/mol. The molecule has 0 unspecified atom stereocenters. The van der Waals surface area contributed by atoms with Gasteiger partial charge in [0.2, 0.25) is 12.7 Å². The van der Waals surface area contributed by atoms with Crippen LogP contribution in [0.15, 0.2) is 76.7 Å². The molecule has 0 spiro atoms. The smallest absolute Gasteiger partial charge is 0.266 e. The van der Waals surface area contributed by atoms with Crippen LogP contribution in [0.1, 0.15) is 18.4 Å². The zero-order valence-electron chi connectivity index (χ0n) is 18.7. The minimum Gasteiger partial charge on any atom is -0.454 e. The van der Waals surface area contributed by atoms with E-state index < -0.39 is 5.82 Å². The summed E-state index contributed by atoms with van der Waals surface area (Å²) in [5.74, 6) is 1.45. The van der Waals surface area contributed by atoms with Crippen molar-refractivity contribution in [2.75, 3.05) is 12.5 Å². The normalized spacial score (nSPS) is 12.1. The predicted octanol–water partition coefficient (Wildman–Crippen LogP) is 4.44. The van der Waals surface area contributed by atoms with Crippen LogP contribution in [0, 0.1) is 5.82 Å². The summed E-state index contributed by atoms with van der Waals surface area (Å²) < 4.78 is 26.0. The number of thioether (sulfide) groups is 1. The highest BCUT2D eigenvalue weighted by Crippen LogP contribution is 2.32. The Labute approximate surface area is 204 Å². The van der Waals surface area contributed by atoms with Crippen LogP contribution in [0.3, 0.4) is 0 Å². The van der Waals surface area contributed by atoms with Gasteiger partial charge in [0.15, 0.2) is 16.7 Å². The number of carbonyl (C=O) groups excluding carboxylic acids is 1. The molecule has 0 fully saturated rings. The largest absolute Gasteiger partial charge is 0.454 e. The van der Waals surface area contributed by atoms with Crippen molar-refractivity contribution < 1.29 is 18.7 Å². The second-order valence-electron chi connectivity index (χ2n) is 7.95. The lowest BCUT2D eigenvalue weighted by atomic mass is 10.2. The highest BCUT2D eigenvalue weighted by atomic mass is 32.2. The van der Waals surface area contributed by atoms with E-state index in [4.69, 9.17) is 9.47 Å². The molecule has 1 N–H and O–H groups in total. The minimum atomic E-state index is -0.433. The molecule has 0 aliphatic carbocycles. The molecule has 2 heterocycles. The number of fused-ring (bicyclic) bond motifs is 2. The van der Waals surface area contributed by atoms with E-state index in [9.17, 15) is 14.0 Å². The van der Waals surface area contributed by atoms with Gasteiger partial charge in [-0.3, -0.25) is 14.2 Å². The molecule has 0 saturated carbocycles. The number of ether oxygens (including phenoxy) is 2. The van der Waals surface area contributed by atoms with Gasteiger partial charge in [-0.25, -0.2) is 9.37 Å². The van der Waals surface area contributed by atoms with Gasteiger partial charge in [0.1, 0.15) is 5.82 Å². The number of nitrogens with zero attached hydrogens (tertiary/aromatic N) is 2. The van der Waals surface area contributed by atoms with Crippen molar-refractivity contribution in [1.29, 1.82) is 0 Å². The summed E-state index contributed by atoms with van der Waals surface area (Å²) in [5.41, 5.74) is 1.66. The Bertz CT molecular complexity index is 1460. The number of hydrogen-bond acceptors (Lipinski definition) is 6. The maximum absolute atomic E-state index is 13.9.